The molecule has 1 aromatic rings. The smallest absolute Gasteiger partial charge is 0.220 e. The molecule has 1 amide bonds. The summed E-state index contributed by atoms with van der Waals surface area (Å²) in [5, 5.41) is 12.4. The van der Waals surface area contributed by atoms with Gasteiger partial charge in [-0.25, -0.2) is 4.39 Å². The molecule has 0 saturated carbocycles. The molecule has 1 unspecified atom stereocenters. The van der Waals surface area contributed by atoms with Crippen molar-refractivity contribution in [1.82, 2.24) is 5.32 Å². The van der Waals surface area contributed by atoms with Crippen LogP contribution in [0.2, 0.25) is 0 Å². The number of hydrogen-bond donors (Lipinski definition) is 2. The summed E-state index contributed by atoms with van der Waals surface area (Å²) >= 11 is 0. The van der Waals surface area contributed by atoms with Crippen molar-refractivity contribution >= 4 is 5.91 Å². The second-order valence-electron chi connectivity index (χ2n) is 5.42. The van der Waals surface area contributed by atoms with Gasteiger partial charge < -0.3 is 15.2 Å². The van der Waals surface area contributed by atoms with Crippen molar-refractivity contribution in [2.45, 2.75) is 39.2 Å². The molecule has 0 aliphatic rings. The maximum Gasteiger partial charge on any atom is 0.220 e. The molecule has 1 rings (SSSR count). The van der Waals surface area contributed by atoms with Crippen LogP contribution in [0, 0.1) is 11.7 Å². The zero-order valence-electron chi connectivity index (χ0n) is 12.9. The standard InChI is InChI=1S/C16H24FNO3/c1-11(2)14(19)8-9-18-16(20)7-5-12-4-6-15(21-3)13(17)10-12/h4,6,10-11,14,19H,5,7-9H2,1-3H3,(H,18,20). The van der Waals surface area contributed by atoms with E-state index in [2.05, 4.69) is 5.32 Å². The molecule has 1 aromatic carbocycles. The zero-order valence-corrected chi connectivity index (χ0v) is 12.9. The Labute approximate surface area is 125 Å². The molecule has 0 bridgehead atoms. The number of rotatable bonds is 8. The summed E-state index contributed by atoms with van der Waals surface area (Å²) in [5.74, 6) is -0.132. The fourth-order valence-electron chi connectivity index (χ4n) is 1.90. The predicted molar refractivity (Wildman–Crippen MR) is 79.7 cm³/mol. The molecule has 2 N–H and O–H groups in total. The Balaban J connectivity index is 2.31. The van der Waals surface area contributed by atoms with Gasteiger partial charge in [-0.2, -0.15) is 0 Å². The number of ether oxygens (including phenoxy) is 1. The fraction of sp³-hybridized carbons (Fsp3) is 0.562. The number of carbonyl (C=O) groups excluding carboxylic acids is 1. The van der Waals surface area contributed by atoms with Crippen LogP contribution >= 0.6 is 0 Å². The van der Waals surface area contributed by atoms with E-state index >= 15 is 0 Å². The molecule has 0 heterocycles. The summed E-state index contributed by atoms with van der Waals surface area (Å²) in [7, 11) is 1.41. The lowest BCUT2D eigenvalue weighted by molar-refractivity contribution is -0.121. The van der Waals surface area contributed by atoms with E-state index in [4.69, 9.17) is 4.74 Å². The van der Waals surface area contributed by atoms with Crippen molar-refractivity contribution in [2.75, 3.05) is 13.7 Å². The summed E-state index contributed by atoms with van der Waals surface area (Å²) in [4.78, 5) is 11.7. The first-order valence-electron chi connectivity index (χ1n) is 7.21. The molecule has 5 heteroatoms. The highest BCUT2D eigenvalue weighted by Gasteiger charge is 2.10. The third kappa shape index (κ3) is 6.12. The van der Waals surface area contributed by atoms with E-state index < -0.39 is 11.9 Å². The lowest BCUT2D eigenvalue weighted by Crippen LogP contribution is -2.28. The molecule has 118 valence electrons. The van der Waals surface area contributed by atoms with Gasteiger partial charge in [0.25, 0.3) is 0 Å². The first-order chi connectivity index (χ1) is 9.93. The summed E-state index contributed by atoms with van der Waals surface area (Å²) in [6, 6.07) is 4.69. The molecule has 4 nitrogen and oxygen atoms in total. The summed E-state index contributed by atoms with van der Waals surface area (Å²) in [5.41, 5.74) is 0.755. The first-order valence-corrected chi connectivity index (χ1v) is 7.21. The van der Waals surface area contributed by atoms with Crippen LogP contribution in [0.15, 0.2) is 18.2 Å². The third-order valence-corrected chi connectivity index (χ3v) is 3.39. The van der Waals surface area contributed by atoms with Gasteiger partial charge in [-0.05, 0) is 36.5 Å². The Hall–Kier alpha value is -1.62. The Morgan fingerprint density at radius 2 is 2.14 bits per heavy atom. The summed E-state index contributed by atoms with van der Waals surface area (Å²) in [6.45, 7) is 4.32. The van der Waals surface area contributed by atoms with Crippen LogP contribution in [0.1, 0.15) is 32.3 Å². The van der Waals surface area contributed by atoms with Crippen molar-refractivity contribution in [3.05, 3.63) is 29.6 Å². The maximum atomic E-state index is 13.5. The zero-order chi connectivity index (χ0) is 15.8. The molecule has 21 heavy (non-hydrogen) atoms. The molecule has 0 saturated heterocycles. The van der Waals surface area contributed by atoms with E-state index in [9.17, 15) is 14.3 Å². The van der Waals surface area contributed by atoms with Crippen LogP contribution in [-0.4, -0.2) is 30.8 Å². The average molecular weight is 297 g/mol. The topological polar surface area (TPSA) is 58.6 Å². The number of nitrogens with one attached hydrogen (secondary N) is 1. The van der Waals surface area contributed by atoms with Crippen LogP contribution in [-0.2, 0) is 11.2 Å². The van der Waals surface area contributed by atoms with Gasteiger partial charge in [-0.3, -0.25) is 4.79 Å². The molecular formula is C16H24FNO3. The van der Waals surface area contributed by atoms with E-state index in [1.807, 2.05) is 13.8 Å². The van der Waals surface area contributed by atoms with Gasteiger partial charge in [-0.1, -0.05) is 19.9 Å². The van der Waals surface area contributed by atoms with Gasteiger partial charge in [0, 0.05) is 13.0 Å². The molecule has 0 aromatic heterocycles. The number of aryl methyl sites for hydroxylation is 1. The molecule has 0 aliphatic heterocycles. The lowest BCUT2D eigenvalue weighted by Gasteiger charge is -2.14. The summed E-state index contributed by atoms with van der Waals surface area (Å²) in [6.07, 6.45) is 0.907. The number of benzene rings is 1. The van der Waals surface area contributed by atoms with E-state index in [1.54, 1.807) is 12.1 Å². The molecule has 0 radical (unpaired) electrons. The Bertz CT molecular complexity index is 463. The maximum absolute atomic E-state index is 13.5. The second-order valence-corrected chi connectivity index (χ2v) is 5.42. The minimum absolute atomic E-state index is 0.0952. The van der Waals surface area contributed by atoms with E-state index in [1.165, 1.54) is 13.2 Å². The first kappa shape index (κ1) is 17.4. The quantitative estimate of drug-likeness (QED) is 0.774. The van der Waals surface area contributed by atoms with Crippen molar-refractivity contribution in [2.24, 2.45) is 5.92 Å². The van der Waals surface area contributed by atoms with Gasteiger partial charge in [0.15, 0.2) is 11.6 Å². The van der Waals surface area contributed by atoms with E-state index in [-0.39, 0.29) is 17.6 Å². The number of amides is 1. The minimum Gasteiger partial charge on any atom is -0.494 e. The SMILES string of the molecule is COc1ccc(CCC(=O)NCCC(O)C(C)C)cc1F. The van der Waals surface area contributed by atoms with Crippen molar-refractivity contribution < 1.29 is 19.0 Å². The highest BCUT2D eigenvalue weighted by Crippen LogP contribution is 2.18. The fourth-order valence-corrected chi connectivity index (χ4v) is 1.90. The highest BCUT2D eigenvalue weighted by molar-refractivity contribution is 5.76. The molecule has 0 fully saturated rings. The van der Waals surface area contributed by atoms with E-state index in [0.29, 0.717) is 25.8 Å². The molecular weight excluding hydrogens is 273 g/mol. The number of carbonyl (C=O) groups is 1. The van der Waals surface area contributed by atoms with Gasteiger partial charge in [-0.15, -0.1) is 0 Å². The van der Waals surface area contributed by atoms with Crippen LogP contribution in [0.5, 0.6) is 5.75 Å². The average Bonchev–Trinajstić information content (AvgIpc) is 2.45. The van der Waals surface area contributed by atoms with Crippen LogP contribution in [0.4, 0.5) is 4.39 Å². The number of halogens is 1. The second kappa shape index (κ2) is 8.62. The third-order valence-electron chi connectivity index (χ3n) is 3.39. The number of aliphatic hydroxyl groups is 1. The Morgan fingerprint density at radius 1 is 1.43 bits per heavy atom. The molecule has 0 aliphatic carbocycles. The number of methoxy groups -OCH3 is 1. The molecule has 1 atom stereocenters. The van der Waals surface area contributed by atoms with E-state index in [0.717, 1.165) is 5.56 Å². The summed E-state index contributed by atoms with van der Waals surface area (Å²) < 4.78 is 18.3. The highest BCUT2D eigenvalue weighted by atomic mass is 19.1. The Kier molecular flexibility index (Phi) is 7.15. The van der Waals surface area contributed by atoms with Gasteiger partial charge >= 0.3 is 0 Å². The van der Waals surface area contributed by atoms with Crippen molar-refractivity contribution in [3.8, 4) is 5.75 Å². The predicted octanol–water partition coefficient (Wildman–Crippen LogP) is 2.29. The van der Waals surface area contributed by atoms with Crippen LogP contribution < -0.4 is 10.1 Å². The van der Waals surface area contributed by atoms with Gasteiger partial charge in [0.1, 0.15) is 0 Å². The normalized spacial score (nSPS) is 12.3. The monoisotopic (exact) mass is 297 g/mol. The van der Waals surface area contributed by atoms with Crippen molar-refractivity contribution in [1.29, 1.82) is 0 Å². The minimum atomic E-state index is -0.421. The lowest BCUT2D eigenvalue weighted by atomic mass is 10.0. The number of hydrogen-bond acceptors (Lipinski definition) is 3. The molecule has 0 spiro atoms. The number of aliphatic hydroxyl groups excluding tert-OH is 1. The van der Waals surface area contributed by atoms with Gasteiger partial charge in [0.05, 0.1) is 13.2 Å². The largest absolute Gasteiger partial charge is 0.494 e. The van der Waals surface area contributed by atoms with Crippen LogP contribution in [0.25, 0.3) is 0 Å². The van der Waals surface area contributed by atoms with Crippen molar-refractivity contribution in [3.63, 3.8) is 0 Å². The Morgan fingerprint density at radius 3 is 2.71 bits per heavy atom. The van der Waals surface area contributed by atoms with Crippen LogP contribution in [0.3, 0.4) is 0 Å². The van der Waals surface area contributed by atoms with Gasteiger partial charge in [0.2, 0.25) is 5.91 Å².